The van der Waals surface area contributed by atoms with Crippen molar-refractivity contribution in [2.24, 2.45) is 0 Å². The van der Waals surface area contributed by atoms with Gasteiger partial charge in [-0.2, -0.15) is 0 Å². The molecule has 6 heteroatoms. The third kappa shape index (κ3) is 2.63. The van der Waals surface area contributed by atoms with Gasteiger partial charge in [0.15, 0.2) is 5.76 Å². The summed E-state index contributed by atoms with van der Waals surface area (Å²) in [5.41, 5.74) is 2.59. The largest absolute Gasteiger partial charge is 0.368 e. The average molecular weight is 316 g/mol. The quantitative estimate of drug-likeness (QED) is 0.854. The number of hydrogen-bond acceptors (Lipinski definition) is 4. The highest BCUT2D eigenvalue weighted by Gasteiger charge is 2.32. The van der Waals surface area contributed by atoms with E-state index in [2.05, 4.69) is 5.16 Å². The van der Waals surface area contributed by atoms with E-state index < -0.39 is 0 Å². The highest BCUT2D eigenvalue weighted by molar-refractivity contribution is 5.81. The molecule has 3 heterocycles. The highest BCUT2D eigenvalue weighted by atomic mass is 19.1. The van der Waals surface area contributed by atoms with Crippen LogP contribution in [0, 0.1) is 5.82 Å². The minimum Gasteiger partial charge on any atom is -0.368 e. The molecule has 1 amide bonds. The summed E-state index contributed by atoms with van der Waals surface area (Å²) in [5, 5.41) is 4.11. The number of aromatic nitrogens is 1. The van der Waals surface area contributed by atoms with Gasteiger partial charge >= 0.3 is 0 Å². The Balaban J connectivity index is 1.55. The molecule has 0 spiro atoms. The number of benzene rings is 1. The summed E-state index contributed by atoms with van der Waals surface area (Å²) in [6, 6.07) is 6.17. The van der Waals surface area contributed by atoms with Crippen LogP contribution in [0.15, 0.2) is 28.8 Å². The molecule has 23 heavy (non-hydrogen) atoms. The van der Waals surface area contributed by atoms with E-state index in [1.807, 2.05) is 0 Å². The predicted molar refractivity (Wildman–Crippen MR) is 80.0 cm³/mol. The van der Waals surface area contributed by atoms with Gasteiger partial charge in [0.2, 0.25) is 0 Å². The normalized spacial score (nSPS) is 20.6. The van der Waals surface area contributed by atoms with Crippen LogP contribution < -0.4 is 0 Å². The summed E-state index contributed by atoms with van der Waals surface area (Å²) in [5.74, 6) is 0.430. The molecule has 2 aliphatic rings. The molecule has 1 fully saturated rings. The van der Waals surface area contributed by atoms with Gasteiger partial charge in [-0.15, -0.1) is 0 Å². The van der Waals surface area contributed by atoms with Crippen LogP contribution in [0.4, 0.5) is 4.39 Å². The minimum atomic E-state index is -0.306. The number of rotatable bonds is 2. The molecule has 1 aromatic carbocycles. The lowest BCUT2D eigenvalue weighted by atomic mass is 10.00. The van der Waals surface area contributed by atoms with E-state index in [0.29, 0.717) is 31.9 Å². The van der Waals surface area contributed by atoms with Crippen molar-refractivity contribution in [1.29, 1.82) is 0 Å². The maximum atomic E-state index is 13.1. The van der Waals surface area contributed by atoms with Crippen LogP contribution in [0.1, 0.15) is 24.1 Å². The Morgan fingerprint density at radius 3 is 2.87 bits per heavy atom. The third-order valence-electron chi connectivity index (χ3n) is 4.47. The molecule has 120 valence electrons. The molecule has 0 N–H and O–H groups in total. The number of fused-ring (bicyclic) bond motifs is 1. The van der Waals surface area contributed by atoms with Crippen LogP contribution in [0.3, 0.4) is 0 Å². The maximum absolute atomic E-state index is 13.1. The predicted octanol–water partition coefficient (Wildman–Crippen LogP) is 2.54. The molecule has 0 bridgehead atoms. The molecular weight excluding hydrogens is 299 g/mol. The van der Waals surface area contributed by atoms with Crippen molar-refractivity contribution in [2.45, 2.75) is 31.9 Å². The van der Waals surface area contributed by atoms with Crippen LogP contribution in [0.5, 0.6) is 0 Å². The van der Waals surface area contributed by atoms with Gasteiger partial charge in [0.25, 0.3) is 5.91 Å². The first-order chi connectivity index (χ1) is 11.2. The highest BCUT2D eigenvalue weighted by Crippen LogP contribution is 2.31. The first kappa shape index (κ1) is 14.4. The van der Waals surface area contributed by atoms with Gasteiger partial charge in [-0.05, 0) is 43.5 Å². The zero-order chi connectivity index (χ0) is 15.8. The van der Waals surface area contributed by atoms with Gasteiger partial charge in [-0.25, -0.2) is 4.39 Å². The van der Waals surface area contributed by atoms with E-state index in [4.69, 9.17) is 9.26 Å². The van der Waals surface area contributed by atoms with Crippen molar-refractivity contribution in [3.8, 4) is 11.3 Å². The Labute approximate surface area is 133 Å². The zero-order valence-electron chi connectivity index (χ0n) is 12.6. The number of halogens is 1. The van der Waals surface area contributed by atoms with E-state index in [1.54, 1.807) is 17.0 Å². The first-order valence-corrected chi connectivity index (χ1v) is 7.86. The molecule has 4 rings (SSSR count). The standard InChI is InChI=1S/C17H17FN2O3/c18-12-5-3-11(4-6-12)16-13-7-8-20(10-14(13)19-23-16)17(21)15-2-1-9-22-15/h3-6,15H,1-2,7-10H2. The SMILES string of the molecule is O=C(C1CCCO1)N1CCc2c(noc2-c2ccc(F)cc2)C1. The first-order valence-electron chi connectivity index (χ1n) is 7.86. The number of ether oxygens (including phenoxy) is 1. The van der Waals surface area contributed by atoms with Gasteiger partial charge < -0.3 is 14.2 Å². The van der Waals surface area contributed by atoms with E-state index in [9.17, 15) is 9.18 Å². The lowest BCUT2D eigenvalue weighted by Crippen LogP contribution is -2.41. The van der Waals surface area contributed by atoms with Crippen molar-refractivity contribution in [1.82, 2.24) is 10.1 Å². The molecule has 1 atom stereocenters. The van der Waals surface area contributed by atoms with Gasteiger partial charge in [0.1, 0.15) is 17.6 Å². The van der Waals surface area contributed by atoms with Gasteiger partial charge in [-0.1, -0.05) is 5.16 Å². The smallest absolute Gasteiger partial charge is 0.252 e. The van der Waals surface area contributed by atoms with Crippen LogP contribution in [0.25, 0.3) is 11.3 Å². The Kier molecular flexibility index (Phi) is 3.61. The second kappa shape index (κ2) is 5.77. The molecule has 1 unspecified atom stereocenters. The summed E-state index contributed by atoms with van der Waals surface area (Å²) in [7, 11) is 0. The zero-order valence-corrected chi connectivity index (χ0v) is 12.6. The van der Waals surface area contributed by atoms with Crippen molar-refractivity contribution < 1.29 is 18.4 Å². The van der Waals surface area contributed by atoms with Gasteiger partial charge in [0, 0.05) is 24.3 Å². The molecule has 1 aromatic heterocycles. The van der Waals surface area contributed by atoms with E-state index in [1.165, 1.54) is 12.1 Å². The summed E-state index contributed by atoms with van der Waals surface area (Å²) in [6.07, 6.45) is 2.11. The molecule has 0 saturated carbocycles. The van der Waals surface area contributed by atoms with Crippen LogP contribution in [-0.4, -0.2) is 35.2 Å². The molecule has 2 aliphatic heterocycles. The van der Waals surface area contributed by atoms with Crippen molar-refractivity contribution in [3.63, 3.8) is 0 Å². The second-order valence-electron chi connectivity index (χ2n) is 5.96. The Morgan fingerprint density at radius 1 is 1.30 bits per heavy atom. The number of carbonyl (C=O) groups excluding carboxylic acids is 1. The van der Waals surface area contributed by atoms with Gasteiger partial charge in [-0.3, -0.25) is 4.79 Å². The van der Waals surface area contributed by atoms with Crippen molar-refractivity contribution in [2.75, 3.05) is 13.2 Å². The van der Waals surface area contributed by atoms with E-state index in [-0.39, 0.29) is 17.8 Å². The fourth-order valence-electron chi connectivity index (χ4n) is 3.22. The number of nitrogens with zero attached hydrogens (tertiary/aromatic N) is 2. The monoisotopic (exact) mass is 316 g/mol. The fourth-order valence-corrected chi connectivity index (χ4v) is 3.22. The Hall–Kier alpha value is -2.21. The Bertz CT molecular complexity index is 720. The van der Waals surface area contributed by atoms with Crippen molar-refractivity contribution in [3.05, 3.63) is 41.3 Å². The van der Waals surface area contributed by atoms with Gasteiger partial charge in [0.05, 0.1) is 6.54 Å². The molecule has 0 aliphatic carbocycles. The van der Waals surface area contributed by atoms with Crippen LogP contribution >= 0.6 is 0 Å². The maximum Gasteiger partial charge on any atom is 0.252 e. The van der Waals surface area contributed by atoms with E-state index >= 15 is 0 Å². The Morgan fingerprint density at radius 2 is 2.13 bits per heavy atom. The molecule has 0 radical (unpaired) electrons. The fraction of sp³-hybridized carbons (Fsp3) is 0.412. The second-order valence-corrected chi connectivity index (χ2v) is 5.96. The average Bonchev–Trinajstić information content (AvgIpc) is 3.24. The van der Waals surface area contributed by atoms with Crippen LogP contribution in [-0.2, 0) is 22.5 Å². The summed E-state index contributed by atoms with van der Waals surface area (Å²) in [6.45, 7) is 1.73. The lowest BCUT2D eigenvalue weighted by molar-refractivity contribution is -0.141. The molecular formula is C17H17FN2O3. The summed E-state index contributed by atoms with van der Waals surface area (Å²) >= 11 is 0. The number of hydrogen-bond donors (Lipinski definition) is 0. The minimum absolute atomic E-state index is 0.0412. The summed E-state index contributed by atoms with van der Waals surface area (Å²) in [4.78, 5) is 14.2. The topological polar surface area (TPSA) is 55.6 Å². The number of carbonyl (C=O) groups is 1. The van der Waals surface area contributed by atoms with Crippen molar-refractivity contribution >= 4 is 5.91 Å². The molecule has 2 aromatic rings. The molecule has 5 nitrogen and oxygen atoms in total. The number of amides is 1. The van der Waals surface area contributed by atoms with Crippen LogP contribution in [0.2, 0.25) is 0 Å². The van der Waals surface area contributed by atoms with E-state index in [0.717, 1.165) is 29.7 Å². The third-order valence-corrected chi connectivity index (χ3v) is 4.47. The summed E-state index contributed by atoms with van der Waals surface area (Å²) < 4.78 is 24.0. The lowest BCUT2D eigenvalue weighted by Gasteiger charge is -2.28. The molecule has 1 saturated heterocycles.